The van der Waals surface area contributed by atoms with Gasteiger partial charge in [0.05, 0.1) is 5.52 Å². The monoisotopic (exact) mass is 254 g/mol. The van der Waals surface area contributed by atoms with E-state index >= 15 is 0 Å². The van der Waals surface area contributed by atoms with Crippen LogP contribution in [0.5, 0.6) is 0 Å². The van der Waals surface area contributed by atoms with Gasteiger partial charge in [-0.1, -0.05) is 11.6 Å². The summed E-state index contributed by atoms with van der Waals surface area (Å²) in [6.45, 7) is 0.264. The fourth-order valence-corrected chi connectivity index (χ4v) is 1.79. The predicted molar refractivity (Wildman–Crippen MR) is 59.7 cm³/mol. The third-order valence-corrected chi connectivity index (χ3v) is 2.63. The first-order valence-electron chi connectivity index (χ1n) is 5.06. The van der Waals surface area contributed by atoms with Crippen LogP contribution in [0.4, 0.5) is 0 Å². The lowest BCUT2D eigenvalue weighted by Crippen LogP contribution is -2.23. The van der Waals surface area contributed by atoms with Crippen molar-refractivity contribution in [2.75, 3.05) is 0 Å². The molecule has 2 aromatic rings. The molecule has 1 aromatic carbocycles. The second kappa shape index (κ2) is 4.63. The Kier molecular flexibility index (Phi) is 3.19. The largest absolute Gasteiger partial charge is 0.550 e. The maximum absolute atomic E-state index is 11.5. The van der Waals surface area contributed by atoms with Crippen LogP contribution in [0.3, 0.4) is 0 Å². The second-order valence-electron chi connectivity index (χ2n) is 3.61. The minimum absolute atomic E-state index is 0.0975. The SMILES string of the molecule is O=C([O-])CCCn1c(=O)oc2ccc(Cl)cc21. The summed E-state index contributed by atoms with van der Waals surface area (Å²) in [6.07, 6.45) is 0.211. The molecule has 0 aliphatic rings. The molecule has 6 heteroatoms. The zero-order valence-corrected chi connectivity index (χ0v) is 9.57. The number of nitrogens with zero attached hydrogens (tertiary/aromatic N) is 1. The first-order chi connectivity index (χ1) is 8.08. The van der Waals surface area contributed by atoms with Crippen LogP contribution >= 0.6 is 11.6 Å². The van der Waals surface area contributed by atoms with E-state index in [1.807, 2.05) is 0 Å². The number of rotatable bonds is 4. The van der Waals surface area contributed by atoms with Crippen molar-refractivity contribution in [3.8, 4) is 0 Å². The summed E-state index contributed by atoms with van der Waals surface area (Å²) in [7, 11) is 0. The molecule has 0 spiro atoms. The molecule has 2 rings (SSSR count). The number of carbonyl (C=O) groups is 1. The van der Waals surface area contributed by atoms with Crippen LogP contribution in [0, 0.1) is 0 Å². The highest BCUT2D eigenvalue weighted by atomic mass is 35.5. The van der Waals surface area contributed by atoms with Gasteiger partial charge in [-0.2, -0.15) is 0 Å². The molecule has 0 saturated carbocycles. The first-order valence-corrected chi connectivity index (χ1v) is 5.44. The van der Waals surface area contributed by atoms with Crippen molar-refractivity contribution in [2.45, 2.75) is 19.4 Å². The number of hydrogen-bond acceptors (Lipinski definition) is 4. The van der Waals surface area contributed by atoms with Crippen LogP contribution in [0.2, 0.25) is 5.02 Å². The molecule has 0 unspecified atom stereocenters. The van der Waals surface area contributed by atoms with Crippen molar-refractivity contribution in [1.82, 2.24) is 4.57 Å². The van der Waals surface area contributed by atoms with Gasteiger partial charge in [0.15, 0.2) is 5.58 Å². The van der Waals surface area contributed by atoms with Crippen LogP contribution in [0.15, 0.2) is 27.4 Å². The molecule has 0 saturated heterocycles. The van der Waals surface area contributed by atoms with Gasteiger partial charge in [0, 0.05) is 17.5 Å². The van der Waals surface area contributed by atoms with E-state index in [0.717, 1.165) is 0 Å². The number of carboxylic acid groups (broad SMARTS) is 1. The molecule has 0 fully saturated rings. The number of hydrogen-bond donors (Lipinski definition) is 0. The summed E-state index contributed by atoms with van der Waals surface area (Å²) in [4.78, 5) is 21.8. The molecular formula is C11H9ClNO4-. The van der Waals surface area contributed by atoms with Crippen molar-refractivity contribution < 1.29 is 14.3 Å². The number of aliphatic carboxylic acids is 1. The molecule has 0 radical (unpaired) electrons. The summed E-state index contributed by atoms with van der Waals surface area (Å²) in [5.74, 6) is -1.65. The molecule has 0 aliphatic heterocycles. The Morgan fingerprint density at radius 2 is 2.24 bits per heavy atom. The van der Waals surface area contributed by atoms with Gasteiger partial charge in [0.25, 0.3) is 0 Å². The minimum atomic E-state index is -1.14. The third-order valence-electron chi connectivity index (χ3n) is 2.39. The zero-order valence-electron chi connectivity index (χ0n) is 8.81. The lowest BCUT2D eigenvalue weighted by Gasteiger charge is -2.03. The maximum atomic E-state index is 11.5. The van der Waals surface area contributed by atoms with Gasteiger partial charge in [0.1, 0.15) is 0 Å². The van der Waals surface area contributed by atoms with Gasteiger partial charge < -0.3 is 14.3 Å². The summed E-state index contributed by atoms with van der Waals surface area (Å²) < 4.78 is 6.36. The summed E-state index contributed by atoms with van der Waals surface area (Å²) in [5, 5.41) is 10.8. The van der Waals surface area contributed by atoms with Gasteiger partial charge >= 0.3 is 5.76 Å². The highest BCUT2D eigenvalue weighted by Crippen LogP contribution is 2.18. The molecule has 17 heavy (non-hydrogen) atoms. The number of aryl methyl sites for hydroxylation is 1. The molecule has 1 heterocycles. The van der Waals surface area contributed by atoms with Gasteiger partial charge in [-0.05, 0) is 31.0 Å². The molecular weight excluding hydrogens is 246 g/mol. The van der Waals surface area contributed by atoms with E-state index < -0.39 is 11.7 Å². The van der Waals surface area contributed by atoms with E-state index in [0.29, 0.717) is 22.5 Å². The Hall–Kier alpha value is -1.75. The number of aromatic nitrogens is 1. The van der Waals surface area contributed by atoms with E-state index in [2.05, 4.69) is 0 Å². The van der Waals surface area contributed by atoms with E-state index in [9.17, 15) is 14.7 Å². The van der Waals surface area contributed by atoms with Crippen LogP contribution in [0.25, 0.3) is 11.1 Å². The lowest BCUT2D eigenvalue weighted by molar-refractivity contribution is -0.305. The molecule has 0 aliphatic carbocycles. The third kappa shape index (κ3) is 2.50. The lowest BCUT2D eigenvalue weighted by atomic mass is 10.3. The number of carboxylic acids is 1. The molecule has 5 nitrogen and oxygen atoms in total. The second-order valence-corrected chi connectivity index (χ2v) is 4.04. The van der Waals surface area contributed by atoms with E-state index in [4.69, 9.17) is 16.0 Å². The fraction of sp³-hybridized carbons (Fsp3) is 0.273. The van der Waals surface area contributed by atoms with Gasteiger partial charge in [-0.3, -0.25) is 4.57 Å². The summed E-state index contributed by atoms with van der Waals surface area (Å²) in [6, 6.07) is 4.84. The topological polar surface area (TPSA) is 75.3 Å². The van der Waals surface area contributed by atoms with Crippen LogP contribution in [-0.4, -0.2) is 10.5 Å². The number of benzene rings is 1. The Labute approximate surface area is 101 Å². The minimum Gasteiger partial charge on any atom is -0.550 e. The predicted octanol–water partition coefficient (Wildman–Crippen LogP) is 0.778. The molecule has 0 amide bonds. The smallest absolute Gasteiger partial charge is 0.419 e. The van der Waals surface area contributed by atoms with E-state index in [-0.39, 0.29) is 13.0 Å². The quantitative estimate of drug-likeness (QED) is 0.808. The number of carbonyl (C=O) groups excluding carboxylic acids is 1. The Bertz CT molecular complexity index is 613. The van der Waals surface area contributed by atoms with Crippen LogP contribution in [0.1, 0.15) is 12.8 Å². The van der Waals surface area contributed by atoms with Gasteiger partial charge in [-0.15, -0.1) is 0 Å². The maximum Gasteiger partial charge on any atom is 0.419 e. The first kappa shape index (κ1) is 11.7. The van der Waals surface area contributed by atoms with Crippen molar-refractivity contribution in [3.05, 3.63) is 33.8 Å². The van der Waals surface area contributed by atoms with Gasteiger partial charge in [0.2, 0.25) is 0 Å². The van der Waals surface area contributed by atoms with Crippen molar-refractivity contribution in [1.29, 1.82) is 0 Å². The average Bonchev–Trinajstić information content (AvgIpc) is 2.55. The molecule has 1 aromatic heterocycles. The zero-order chi connectivity index (χ0) is 12.4. The van der Waals surface area contributed by atoms with Crippen molar-refractivity contribution in [3.63, 3.8) is 0 Å². The van der Waals surface area contributed by atoms with Crippen molar-refractivity contribution in [2.24, 2.45) is 0 Å². The van der Waals surface area contributed by atoms with Crippen LogP contribution < -0.4 is 10.9 Å². The Morgan fingerprint density at radius 3 is 2.94 bits per heavy atom. The van der Waals surface area contributed by atoms with E-state index in [1.54, 1.807) is 18.2 Å². The Balaban J connectivity index is 2.32. The normalized spacial score (nSPS) is 10.9. The van der Waals surface area contributed by atoms with Crippen molar-refractivity contribution >= 4 is 28.7 Å². The Morgan fingerprint density at radius 1 is 1.47 bits per heavy atom. The fourth-order valence-electron chi connectivity index (χ4n) is 1.63. The molecule has 90 valence electrons. The highest BCUT2D eigenvalue weighted by molar-refractivity contribution is 6.31. The number of fused-ring (bicyclic) bond motifs is 1. The van der Waals surface area contributed by atoms with Gasteiger partial charge in [-0.25, -0.2) is 4.79 Å². The molecule has 0 bridgehead atoms. The standard InChI is InChI=1S/C11H10ClNO4/c12-7-3-4-9-8(6-7)13(11(16)17-9)5-1-2-10(14)15/h3-4,6H,1-2,5H2,(H,14,15)/p-1. The summed E-state index contributed by atoms with van der Waals surface area (Å²) in [5.41, 5.74) is 1.01. The molecule has 0 atom stereocenters. The van der Waals surface area contributed by atoms with Crippen LogP contribution in [-0.2, 0) is 11.3 Å². The number of halogens is 1. The molecule has 0 N–H and O–H groups in total. The summed E-state index contributed by atoms with van der Waals surface area (Å²) >= 11 is 5.82. The highest BCUT2D eigenvalue weighted by Gasteiger charge is 2.08. The average molecular weight is 255 g/mol. The van der Waals surface area contributed by atoms with E-state index in [1.165, 1.54) is 4.57 Å². The number of oxazole rings is 1.